The molecule has 0 fully saturated rings. The van der Waals surface area contributed by atoms with E-state index in [4.69, 9.17) is 0 Å². The predicted molar refractivity (Wildman–Crippen MR) is 84.7 cm³/mol. The smallest absolute Gasteiger partial charge is 0.233 e. The monoisotopic (exact) mass is 315 g/mol. The minimum absolute atomic E-state index is 0.0397. The molecule has 0 saturated heterocycles. The molecule has 0 aliphatic heterocycles. The van der Waals surface area contributed by atoms with Gasteiger partial charge in [0.05, 0.1) is 28.9 Å². The van der Waals surface area contributed by atoms with E-state index in [1.807, 2.05) is 42.1 Å². The molecule has 7 heteroatoms. The standard InChI is InChI=1S/C15H17N5OS/c1-3-12(13-8-20-6-4-5-16-15(20)19-13)18-14(21)7-11-9-22-10(2)17-11/h4-6,8-9,12H,3,7H2,1-2H3,(H,18,21)/t12-/m1/s1. The number of nitrogens with one attached hydrogen (secondary N) is 1. The molecule has 1 amide bonds. The van der Waals surface area contributed by atoms with E-state index in [2.05, 4.69) is 20.3 Å². The highest BCUT2D eigenvalue weighted by atomic mass is 32.1. The second-order valence-corrected chi connectivity index (χ2v) is 6.12. The molecular formula is C15H17N5OS. The molecule has 3 aromatic rings. The maximum Gasteiger partial charge on any atom is 0.233 e. The normalized spacial score (nSPS) is 12.5. The highest BCUT2D eigenvalue weighted by Crippen LogP contribution is 2.16. The van der Waals surface area contributed by atoms with E-state index in [0.717, 1.165) is 22.8 Å². The summed E-state index contributed by atoms with van der Waals surface area (Å²) in [6.07, 6.45) is 6.57. The molecule has 0 unspecified atom stereocenters. The number of carbonyl (C=O) groups excluding carboxylic acids is 1. The first-order valence-corrected chi connectivity index (χ1v) is 8.03. The van der Waals surface area contributed by atoms with Crippen LogP contribution in [0.25, 0.3) is 5.78 Å². The number of fused-ring (bicyclic) bond motifs is 1. The van der Waals surface area contributed by atoms with Crippen molar-refractivity contribution in [2.75, 3.05) is 0 Å². The lowest BCUT2D eigenvalue weighted by Gasteiger charge is -2.14. The van der Waals surface area contributed by atoms with E-state index in [-0.39, 0.29) is 11.9 Å². The number of thiazole rings is 1. The van der Waals surface area contributed by atoms with Crippen LogP contribution in [0.2, 0.25) is 0 Å². The minimum atomic E-state index is -0.117. The van der Waals surface area contributed by atoms with Crippen molar-refractivity contribution in [3.8, 4) is 0 Å². The van der Waals surface area contributed by atoms with Gasteiger partial charge in [-0.2, -0.15) is 0 Å². The second-order valence-electron chi connectivity index (χ2n) is 5.06. The molecule has 3 heterocycles. The fourth-order valence-corrected chi connectivity index (χ4v) is 2.91. The quantitative estimate of drug-likeness (QED) is 0.784. The van der Waals surface area contributed by atoms with Crippen LogP contribution in [0, 0.1) is 6.92 Å². The first kappa shape index (κ1) is 14.6. The van der Waals surface area contributed by atoms with E-state index < -0.39 is 0 Å². The molecule has 0 aliphatic rings. The van der Waals surface area contributed by atoms with Crippen LogP contribution in [-0.4, -0.2) is 25.3 Å². The summed E-state index contributed by atoms with van der Waals surface area (Å²) in [7, 11) is 0. The fourth-order valence-electron chi connectivity index (χ4n) is 2.30. The van der Waals surface area contributed by atoms with Gasteiger partial charge in [0, 0.05) is 24.0 Å². The van der Waals surface area contributed by atoms with Gasteiger partial charge in [0.25, 0.3) is 0 Å². The Balaban J connectivity index is 1.72. The van der Waals surface area contributed by atoms with Crippen molar-refractivity contribution in [1.82, 2.24) is 24.7 Å². The first-order chi connectivity index (χ1) is 10.7. The summed E-state index contributed by atoms with van der Waals surface area (Å²) in [5.74, 6) is 0.600. The zero-order valence-electron chi connectivity index (χ0n) is 12.5. The summed E-state index contributed by atoms with van der Waals surface area (Å²) in [4.78, 5) is 25.2. The Hall–Kier alpha value is -2.28. The largest absolute Gasteiger partial charge is 0.347 e. The average molecular weight is 315 g/mol. The van der Waals surface area contributed by atoms with Crippen LogP contribution in [-0.2, 0) is 11.2 Å². The molecule has 0 saturated carbocycles. The number of imidazole rings is 1. The van der Waals surface area contributed by atoms with Crippen LogP contribution in [0.1, 0.15) is 35.8 Å². The van der Waals surface area contributed by atoms with E-state index in [1.165, 1.54) is 0 Å². The Morgan fingerprint density at radius 1 is 1.45 bits per heavy atom. The topological polar surface area (TPSA) is 72.2 Å². The average Bonchev–Trinajstić information content (AvgIpc) is 3.10. The summed E-state index contributed by atoms with van der Waals surface area (Å²) in [6.45, 7) is 3.96. The van der Waals surface area contributed by atoms with E-state index >= 15 is 0 Å². The van der Waals surface area contributed by atoms with Gasteiger partial charge in [-0.1, -0.05) is 6.92 Å². The van der Waals surface area contributed by atoms with Crippen molar-refractivity contribution in [2.45, 2.75) is 32.7 Å². The molecule has 0 aliphatic carbocycles. The molecule has 0 bridgehead atoms. The van der Waals surface area contributed by atoms with Gasteiger partial charge < -0.3 is 5.32 Å². The van der Waals surface area contributed by atoms with Crippen LogP contribution >= 0.6 is 11.3 Å². The predicted octanol–water partition coefficient (Wildman–Crippen LogP) is 2.30. The highest BCUT2D eigenvalue weighted by Gasteiger charge is 2.17. The molecule has 114 valence electrons. The SMILES string of the molecule is CC[C@@H](NC(=O)Cc1csc(C)n1)c1cn2cccnc2n1. The Morgan fingerprint density at radius 2 is 2.32 bits per heavy atom. The van der Waals surface area contributed by atoms with Gasteiger partial charge in [-0.25, -0.2) is 15.0 Å². The van der Waals surface area contributed by atoms with E-state index in [0.29, 0.717) is 12.2 Å². The van der Waals surface area contributed by atoms with Crippen molar-refractivity contribution in [1.29, 1.82) is 0 Å². The van der Waals surface area contributed by atoms with Crippen molar-refractivity contribution < 1.29 is 4.79 Å². The number of aromatic nitrogens is 4. The summed E-state index contributed by atoms with van der Waals surface area (Å²) >= 11 is 1.56. The Bertz CT molecular complexity index is 761. The van der Waals surface area contributed by atoms with Gasteiger partial charge in [-0.3, -0.25) is 9.20 Å². The third-order valence-electron chi connectivity index (χ3n) is 3.36. The fraction of sp³-hybridized carbons (Fsp3) is 0.333. The zero-order valence-corrected chi connectivity index (χ0v) is 13.3. The molecule has 1 atom stereocenters. The number of hydrogen-bond acceptors (Lipinski definition) is 5. The lowest BCUT2D eigenvalue weighted by atomic mass is 10.1. The molecule has 0 aromatic carbocycles. The number of aryl methyl sites for hydroxylation is 1. The third kappa shape index (κ3) is 3.14. The molecular weight excluding hydrogens is 298 g/mol. The summed E-state index contributed by atoms with van der Waals surface area (Å²) in [6, 6.07) is 1.73. The maximum atomic E-state index is 12.2. The molecule has 0 radical (unpaired) electrons. The van der Waals surface area contributed by atoms with Gasteiger partial charge in [0.2, 0.25) is 11.7 Å². The van der Waals surface area contributed by atoms with Crippen LogP contribution < -0.4 is 5.32 Å². The zero-order chi connectivity index (χ0) is 15.5. The van der Waals surface area contributed by atoms with Gasteiger partial charge in [0.15, 0.2) is 0 Å². The Labute approximate surface area is 132 Å². The summed E-state index contributed by atoms with van der Waals surface area (Å²) < 4.78 is 1.86. The Morgan fingerprint density at radius 3 is 3.00 bits per heavy atom. The van der Waals surface area contributed by atoms with Gasteiger partial charge in [0.1, 0.15) is 0 Å². The lowest BCUT2D eigenvalue weighted by Crippen LogP contribution is -2.29. The summed E-state index contributed by atoms with van der Waals surface area (Å²) in [5, 5.41) is 5.92. The van der Waals surface area contributed by atoms with Crippen molar-refractivity contribution >= 4 is 23.0 Å². The van der Waals surface area contributed by atoms with Gasteiger partial charge in [-0.15, -0.1) is 11.3 Å². The van der Waals surface area contributed by atoms with Crippen LogP contribution in [0.15, 0.2) is 30.0 Å². The van der Waals surface area contributed by atoms with Crippen LogP contribution in [0.4, 0.5) is 0 Å². The van der Waals surface area contributed by atoms with Crippen molar-refractivity contribution in [3.63, 3.8) is 0 Å². The number of hydrogen-bond donors (Lipinski definition) is 1. The minimum Gasteiger partial charge on any atom is -0.347 e. The number of carbonyl (C=O) groups is 1. The molecule has 3 aromatic heterocycles. The molecule has 0 spiro atoms. The molecule has 1 N–H and O–H groups in total. The molecule has 22 heavy (non-hydrogen) atoms. The summed E-state index contributed by atoms with van der Waals surface area (Å²) in [5.41, 5.74) is 1.63. The molecule has 6 nitrogen and oxygen atoms in total. The van der Waals surface area contributed by atoms with Crippen molar-refractivity contribution in [3.05, 3.63) is 46.4 Å². The number of rotatable bonds is 5. The lowest BCUT2D eigenvalue weighted by molar-refractivity contribution is -0.121. The number of nitrogens with zero attached hydrogens (tertiary/aromatic N) is 4. The van der Waals surface area contributed by atoms with Crippen LogP contribution in [0.5, 0.6) is 0 Å². The molecule has 3 rings (SSSR count). The number of amides is 1. The second kappa shape index (κ2) is 6.23. The highest BCUT2D eigenvalue weighted by molar-refractivity contribution is 7.09. The van der Waals surface area contributed by atoms with E-state index in [9.17, 15) is 4.79 Å². The van der Waals surface area contributed by atoms with Crippen molar-refractivity contribution in [2.24, 2.45) is 0 Å². The van der Waals surface area contributed by atoms with E-state index in [1.54, 1.807) is 17.5 Å². The Kier molecular flexibility index (Phi) is 4.15. The van der Waals surface area contributed by atoms with Gasteiger partial charge in [-0.05, 0) is 19.4 Å². The third-order valence-corrected chi connectivity index (χ3v) is 4.19. The maximum absolute atomic E-state index is 12.2. The van der Waals surface area contributed by atoms with Crippen LogP contribution in [0.3, 0.4) is 0 Å². The van der Waals surface area contributed by atoms with Gasteiger partial charge >= 0.3 is 0 Å². The first-order valence-electron chi connectivity index (χ1n) is 7.15.